The second-order valence-corrected chi connectivity index (χ2v) is 8.14. The third-order valence-electron chi connectivity index (χ3n) is 5.34. The van der Waals surface area contributed by atoms with Crippen molar-refractivity contribution in [3.63, 3.8) is 0 Å². The van der Waals surface area contributed by atoms with E-state index in [1.54, 1.807) is 0 Å². The third kappa shape index (κ3) is 10.7. The van der Waals surface area contributed by atoms with Crippen LogP contribution in [0.15, 0.2) is 0 Å². The normalized spacial score (nSPS) is 14.6. The average Bonchev–Trinajstić information content (AvgIpc) is 2.76. The Morgan fingerprint density at radius 1 is 0.433 bits per heavy atom. The summed E-state index contributed by atoms with van der Waals surface area (Å²) in [4.78, 5) is 13.9. The lowest BCUT2D eigenvalue weighted by Gasteiger charge is -2.18. The largest absolute Gasteiger partial charge is 0.330 e. The molecule has 9 nitrogen and oxygen atoms in total. The molecule has 0 amide bonds. The molecular formula is C21H45N9. The van der Waals surface area contributed by atoms with Crippen molar-refractivity contribution < 1.29 is 0 Å². The van der Waals surface area contributed by atoms with Crippen molar-refractivity contribution in [3.05, 3.63) is 17.5 Å². The summed E-state index contributed by atoms with van der Waals surface area (Å²) in [5.41, 5.74) is 35.9. The number of nitrogens with zero attached hydrogens (tertiary/aromatic N) is 3. The first-order valence-electron chi connectivity index (χ1n) is 11.7. The Hall–Kier alpha value is -1.23. The highest BCUT2D eigenvalue weighted by Crippen LogP contribution is 2.21. The highest BCUT2D eigenvalue weighted by Gasteiger charge is 2.20. The summed E-state index contributed by atoms with van der Waals surface area (Å²) in [5, 5.41) is 0. The lowest BCUT2D eigenvalue weighted by atomic mass is 10.1. The summed E-state index contributed by atoms with van der Waals surface area (Å²) in [6, 6.07) is -0.758. The van der Waals surface area contributed by atoms with E-state index in [1.807, 2.05) is 0 Å². The van der Waals surface area contributed by atoms with Crippen molar-refractivity contribution in [1.29, 1.82) is 0 Å². The van der Waals surface area contributed by atoms with Gasteiger partial charge in [0.1, 0.15) is 17.5 Å². The van der Waals surface area contributed by atoms with Crippen LogP contribution in [0.4, 0.5) is 0 Å². The van der Waals surface area contributed by atoms with Crippen molar-refractivity contribution in [2.24, 2.45) is 34.4 Å². The van der Waals surface area contributed by atoms with Gasteiger partial charge in [-0.25, -0.2) is 15.0 Å². The third-order valence-corrected chi connectivity index (χ3v) is 5.34. The molecule has 0 saturated heterocycles. The molecule has 12 N–H and O–H groups in total. The van der Waals surface area contributed by atoms with Gasteiger partial charge in [0.15, 0.2) is 0 Å². The fraction of sp³-hybridized carbons (Fsp3) is 0.857. The van der Waals surface area contributed by atoms with Crippen LogP contribution in [0.2, 0.25) is 0 Å². The number of unbranched alkanes of at least 4 members (excludes halogenated alkanes) is 6. The molecule has 0 aliphatic heterocycles. The van der Waals surface area contributed by atoms with Gasteiger partial charge in [0.05, 0.1) is 18.1 Å². The summed E-state index contributed by atoms with van der Waals surface area (Å²) < 4.78 is 0. The van der Waals surface area contributed by atoms with Crippen LogP contribution in [0, 0.1) is 0 Å². The smallest absolute Gasteiger partial charge is 0.149 e. The van der Waals surface area contributed by atoms with Crippen molar-refractivity contribution in [2.45, 2.75) is 95.2 Å². The number of rotatable bonds is 18. The van der Waals surface area contributed by atoms with E-state index >= 15 is 0 Å². The Balaban J connectivity index is 2.87. The molecule has 30 heavy (non-hydrogen) atoms. The SMILES string of the molecule is NCCCCCC(N)c1nc(C(N)CCCCCN)nc(C(N)CCCCCN)n1. The van der Waals surface area contributed by atoms with E-state index in [4.69, 9.17) is 34.4 Å². The molecule has 0 saturated carbocycles. The fourth-order valence-corrected chi connectivity index (χ4v) is 3.37. The van der Waals surface area contributed by atoms with Crippen LogP contribution in [0.25, 0.3) is 0 Å². The topological polar surface area (TPSA) is 195 Å². The molecule has 0 aromatic carbocycles. The van der Waals surface area contributed by atoms with E-state index in [0.717, 1.165) is 77.0 Å². The fourth-order valence-electron chi connectivity index (χ4n) is 3.37. The van der Waals surface area contributed by atoms with Crippen LogP contribution >= 0.6 is 0 Å². The Morgan fingerprint density at radius 2 is 0.700 bits per heavy atom. The van der Waals surface area contributed by atoms with Gasteiger partial charge in [-0.1, -0.05) is 38.5 Å². The van der Waals surface area contributed by atoms with E-state index in [9.17, 15) is 0 Å². The molecule has 0 aliphatic carbocycles. The van der Waals surface area contributed by atoms with E-state index in [2.05, 4.69) is 15.0 Å². The zero-order valence-corrected chi connectivity index (χ0v) is 18.6. The number of hydrogen-bond acceptors (Lipinski definition) is 9. The first-order valence-corrected chi connectivity index (χ1v) is 11.7. The second kappa shape index (κ2) is 16.5. The van der Waals surface area contributed by atoms with Gasteiger partial charge in [0.2, 0.25) is 0 Å². The van der Waals surface area contributed by atoms with Gasteiger partial charge in [0, 0.05) is 0 Å². The molecule has 0 fully saturated rings. The first-order chi connectivity index (χ1) is 14.5. The van der Waals surface area contributed by atoms with Crippen molar-refractivity contribution in [2.75, 3.05) is 19.6 Å². The van der Waals surface area contributed by atoms with Crippen molar-refractivity contribution in [3.8, 4) is 0 Å². The highest BCUT2D eigenvalue weighted by atomic mass is 15.1. The van der Waals surface area contributed by atoms with E-state index < -0.39 is 0 Å². The number of nitrogens with two attached hydrogens (primary N) is 6. The standard InChI is InChI=1S/C21H45N9/c22-13-7-1-4-10-16(25)19-28-20(17(26)11-5-2-8-14-23)30-21(29-19)18(27)12-6-3-9-15-24/h16-18H,1-15,22-27H2. The summed E-state index contributed by atoms with van der Waals surface area (Å²) in [7, 11) is 0. The molecule has 1 rings (SSSR count). The number of aromatic nitrogens is 3. The lowest BCUT2D eigenvalue weighted by molar-refractivity contribution is 0.496. The maximum atomic E-state index is 6.40. The number of hydrogen-bond donors (Lipinski definition) is 6. The van der Waals surface area contributed by atoms with Gasteiger partial charge in [-0.3, -0.25) is 0 Å². The molecule has 1 aromatic heterocycles. The molecule has 3 unspecified atom stereocenters. The molecule has 174 valence electrons. The van der Waals surface area contributed by atoms with Crippen LogP contribution in [0.1, 0.15) is 113 Å². The molecule has 0 bridgehead atoms. The Bertz CT molecular complexity index is 467. The van der Waals surface area contributed by atoms with Crippen LogP contribution in [-0.2, 0) is 0 Å². The molecule has 0 spiro atoms. The monoisotopic (exact) mass is 423 g/mol. The van der Waals surface area contributed by atoms with E-state index in [1.165, 1.54) is 0 Å². The zero-order chi connectivity index (χ0) is 22.2. The second-order valence-electron chi connectivity index (χ2n) is 8.14. The van der Waals surface area contributed by atoms with Gasteiger partial charge < -0.3 is 34.4 Å². The molecule has 0 radical (unpaired) electrons. The van der Waals surface area contributed by atoms with Gasteiger partial charge in [0.25, 0.3) is 0 Å². The van der Waals surface area contributed by atoms with Gasteiger partial charge in [-0.2, -0.15) is 0 Å². The van der Waals surface area contributed by atoms with Crippen molar-refractivity contribution in [1.82, 2.24) is 15.0 Å². The minimum atomic E-state index is -0.253. The van der Waals surface area contributed by atoms with Crippen LogP contribution < -0.4 is 34.4 Å². The molecule has 1 heterocycles. The van der Waals surface area contributed by atoms with Gasteiger partial charge >= 0.3 is 0 Å². The Kier molecular flexibility index (Phi) is 14.7. The minimum Gasteiger partial charge on any atom is -0.330 e. The average molecular weight is 424 g/mol. The highest BCUT2D eigenvalue weighted by molar-refractivity contribution is 5.07. The predicted octanol–water partition coefficient (Wildman–Crippen LogP) is 1.43. The Morgan fingerprint density at radius 3 is 0.933 bits per heavy atom. The Labute approximate surface area is 182 Å². The molecular weight excluding hydrogens is 378 g/mol. The summed E-state index contributed by atoms with van der Waals surface area (Å²) in [6.07, 6.45) is 11.6. The summed E-state index contributed by atoms with van der Waals surface area (Å²) >= 11 is 0. The van der Waals surface area contributed by atoms with Crippen molar-refractivity contribution >= 4 is 0 Å². The molecule has 9 heteroatoms. The summed E-state index contributed by atoms with van der Waals surface area (Å²) in [6.45, 7) is 2.11. The zero-order valence-electron chi connectivity index (χ0n) is 18.6. The molecule has 1 aromatic rings. The van der Waals surface area contributed by atoms with E-state index in [-0.39, 0.29) is 18.1 Å². The van der Waals surface area contributed by atoms with E-state index in [0.29, 0.717) is 37.1 Å². The quantitative estimate of drug-likeness (QED) is 0.189. The maximum Gasteiger partial charge on any atom is 0.149 e. The predicted molar refractivity (Wildman–Crippen MR) is 123 cm³/mol. The first kappa shape index (κ1) is 26.8. The minimum absolute atomic E-state index is 0.253. The lowest BCUT2D eigenvalue weighted by Crippen LogP contribution is -2.24. The maximum absolute atomic E-state index is 6.40. The molecule has 0 aliphatic rings. The van der Waals surface area contributed by atoms with Crippen LogP contribution in [0.5, 0.6) is 0 Å². The molecule has 3 atom stereocenters. The van der Waals surface area contributed by atoms with Gasteiger partial charge in [-0.05, 0) is 58.2 Å². The summed E-state index contributed by atoms with van der Waals surface area (Å²) in [5.74, 6) is 1.78. The van der Waals surface area contributed by atoms with Crippen LogP contribution in [0.3, 0.4) is 0 Å². The van der Waals surface area contributed by atoms with Crippen LogP contribution in [-0.4, -0.2) is 34.6 Å². The van der Waals surface area contributed by atoms with Gasteiger partial charge in [-0.15, -0.1) is 0 Å².